The Labute approximate surface area is 117 Å². The van der Waals surface area contributed by atoms with Crippen LogP contribution in [0.3, 0.4) is 0 Å². The van der Waals surface area contributed by atoms with Gasteiger partial charge in [-0.25, -0.2) is 4.98 Å². The molecule has 2 rings (SSSR count). The van der Waals surface area contributed by atoms with E-state index in [1.54, 1.807) is 24.7 Å². The molecule has 6 nitrogen and oxygen atoms in total. The van der Waals surface area contributed by atoms with Crippen LogP contribution in [0.1, 0.15) is 6.42 Å². The van der Waals surface area contributed by atoms with Gasteiger partial charge < -0.3 is 20.4 Å². The van der Waals surface area contributed by atoms with Crippen LogP contribution in [-0.2, 0) is 11.3 Å². The van der Waals surface area contributed by atoms with Gasteiger partial charge in [-0.2, -0.15) is 0 Å². The number of benzene rings is 1. The van der Waals surface area contributed by atoms with Gasteiger partial charge >= 0.3 is 0 Å². The highest BCUT2D eigenvalue weighted by atomic mass is 16.5. The topological polar surface area (TPSA) is 82.2 Å². The molecule has 6 heteroatoms. The van der Waals surface area contributed by atoms with E-state index in [9.17, 15) is 4.79 Å². The van der Waals surface area contributed by atoms with E-state index < -0.39 is 0 Å². The molecular formula is C14H18N4O2. The second-order valence-corrected chi connectivity index (χ2v) is 4.33. The van der Waals surface area contributed by atoms with Gasteiger partial charge in [-0.3, -0.25) is 4.79 Å². The molecule has 0 aliphatic rings. The van der Waals surface area contributed by atoms with Crippen molar-refractivity contribution in [2.75, 3.05) is 18.9 Å². The number of ether oxygens (including phenoxy) is 1. The second kappa shape index (κ2) is 7.18. The first kappa shape index (κ1) is 13.9. The van der Waals surface area contributed by atoms with Gasteiger partial charge in [0.15, 0.2) is 6.61 Å². The molecule has 3 N–H and O–H groups in total. The molecule has 106 valence electrons. The molecular weight excluding hydrogens is 256 g/mol. The van der Waals surface area contributed by atoms with E-state index in [0.29, 0.717) is 18.0 Å². The number of nitrogen functional groups attached to an aromatic ring is 1. The van der Waals surface area contributed by atoms with Crippen molar-refractivity contribution in [2.24, 2.45) is 0 Å². The first-order valence-corrected chi connectivity index (χ1v) is 6.45. The second-order valence-electron chi connectivity index (χ2n) is 4.33. The van der Waals surface area contributed by atoms with Crippen LogP contribution in [0.4, 0.5) is 5.69 Å². The Balaban J connectivity index is 1.62. The Bertz CT molecular complexity index is 540. The lowest BCUT2D eigenvalue weighted by molar-refractivity contribution is -0.123. The van der Waals surface area contributed by atoms with Gasteiger partial charge in [-0.05, 0) is 18.6 Å². The minimum Gasteiger partial charge on any atom is -0.482 e. The molecule has 1 aromatic carbocycles. The molecule has 0 radical (unpaired) electrons. The number of nitrogens with one attached hydrogen (secondary N) is 1. The molecule has 1 amide bonds. The van der Waals surface area contributed by atoms with Crippen molar-refractivity contribution >= 4 is 11.6 Å². The fraction of sp³-hybridized carbons (Fsp3) is 0.286. The minimum absolute atomic E-state index is 0.0285. The van der Waals surface area contributed by atoms with E-state index in [1.165, 1.54) is 0 Å². The van der Waals surface area contributed by atoms with Gasteiger partial charge in [0.25, 0.3) is 5.91 Å². The van der Waals surface area contributed by atoms with E-state index in [2.05, 4.69) is 10.3 Å². The van der Waals surface area contributed by atoms with E-state index >= 15 is 0 Å². The Morgan fingerprint density at radius 3 is 3.00 bits per heavy atom. The van der Waals surface area contributed by atoms with Crippen LogP contribution >= 0.6 is 0 Å². The maximum Gasteiger partial charge on any atom is 0.257 e. The Morgan fingerprint density at radius 1 is 1.40 bits per heavy atom. The molecule has 0 atom stereocenters. The third-order valence-electron chi connectivity index (χ3n) is 2.75. The summed E-state index contributed by atoms with van der Waals surface area (Å²) in [7, 11) is 0. The Hall–Kier alpha value is -2.50. The maximum atomic E-state index is 11.6. The Morgan fingerprint density at radius 2 is 2.25 bits per heavy atom. The maximum absolute atomic E-state index is 11.6. The summed E-state index contributed by atoms with van der Waals surface area (Å²) in [6, 6.07) is 7.10. The smallest absolute Gasteiger partial charge is 0.257 e. The van der Waals surface area contributed by atoms with Crippen molar-refractivity contribution in [3.8, 4) is 5.75 Å². The number of para-hydroxylation sites is 2. The lowest BCUT2D eigenvalue weighted by atomic mass is 10.3. The number of nitrogens with two attached hydrogens (primary N) is 1. The summed E-state index contributed by atoms with van der Waals surface area (Å²) in [6.07, 6.45) is 6.22. The molecule has 0 unspecified atom stereocenters. The highest BCUT2D eigenvalue weighted by Crippen LogP contribution is 2.19. The molecule has 0 fully saturated rings. The van der Waals surface area contributed by atoms with Crippen LogP contribution in [0.2, 0.25) is 0 Å². The number of hydrogen-bond acceptors (Lipinski definition) is 4. The summed E-state index contributed by atoms with van der Waals surface area (Å²) in [5.41, 5.74) is 6.25. The quantitative estimate of drug-likeness (QED) is 0.584. The third kappa shape index (κ3) is 4.31. The minimum atomic E-state index is -0.154. The molecule has 2 aromatic rings. The number of imidazole rings is 1. The van der Waals surface area contributed by atoms with Crippen LogP contribution in [0.15, 0.2) is 43.0 Å². The summed E-state index contributed by atoms with van der Waals surface area (Å²) >= 11 is 0. The zero-order valence-electron chi connectivity index (χ0n) is 11.2. The summed E-state index contributed by atoms with van der Waals surface area (Å²) in [5.74, 6) is 0.375. The zero-order chi connectivity index (χ0) is 14.2. The highest BCUT2D eigenvalue weighted by Gasteiger charge is 2.04. The average Bonchev–Trinajstić information content (AvgIpc) is 2.96. The predicted molar refractivity (Wildman–Crippen MR) is 76.2 cm³/mol. The number of aryl methyl sites for hydroxylation is 1. The number of nitrogens with zero attached hydrogens (tertiary/aromatic N) is 2. The molecule has 1 aromatic heterocycles. The SMILES string of the molecule is Nc1ccccc1OCC(=O)NCCCn1ccnc1. The lowest BCUT2D eigenvalue weighted by Crippen LogP contribution is -2.30. The Kier molecular flexibility index (Phi) is 5.00. The van der Waals surface area contributed by atoms with Gasteiger partial charge in [-0.1, -0.05) is 12.1 Å². The summed E-state index contributed by atoms with van der Waals surface area (Å²) in [4.78, 5) is 15.5. The van der Waals surface area contributed by atoms with Crippen molar-refractivity contribution in [1.82, 2.24) is 14.9 Å². The largest absolute Gasteiger partial charge is 0.482 e. The summed E-state index contributed by atoms with van der Waals surface area (Å²) < 4.78 is 7.31. The average molecular weight is 274 g/mol. The molecule has 0 aliphatic carbocycles. The van der Waals surface area contributed by atoms with Gasteiger partial charge in [0.2, 0.25) is 0 Å². The summed E-state index contributed by atoms with van der Waals surface area (Å²) in [5, 5.41) is 2.80. The number of aromatic nitrogens is 2. The lowest BCUT2D eigenvalue weighted by Gasteiger charge is -2.09. The fourth-order valence-electron chi connectivity index (χ4n) is 1.71. The molecule has 0 saturated carbocycles. The molecule has 0 spiro atoms. The van der Waals surface area contributed by atoms with E-state index in [-0.39, 0.29) is 12.5 Å². The van der Waals surface area contributed by atoms with Crippen LogP contribution < -0.4 is 15.8 Å². The number of carbonyl (C=O) groups is 1. The van der Waals surface area contributed by atoms with Crippen molar-refractivity contribution in [1.29, 1.82) is 0 Å². The van der Waals surface area contributed by atoms with E-state index in [0.717, 1.165) is 13.0 Å². The van der Waals surface area contributed by atoms with Crippen molar-refractivity contribution in [3.05, 3.63) is 43.0 Å². The van der Waals surface area contributed by atoms with E-state index in [1.807, 2.05) is 22.9 Å². The van der Waals surface area contributed by atoms with Gasteiger partial charge in [0.1, 0.15) is 5.75 Å². The van der Waals surface area contributed by atoms with Gasteiger partial charge in [0.05, 0.1) is 12.0 Å². The van der Waals surface area contributed by atoms with Crippen molar-refractivity contribution < 1.29 is 9.53 Å². The number of anilines is 1. The molecule has 0 saturated heterocycles. The summed E-state index contributed by atoms with van der Waals surface area (Å²) in [6.45, 7) is 1.40. The number of rotatable bonds is 7. The van der Waals surface area contributed by atoms with Crippen LogP contribution in [0.5, 0.6) is 5.75 Å². The molecule has 1 heterocycles. The number of amides is 1. The molecule has 20 heavy (non-hydrogen) atoms. The van der Waals surface area contributed by atoms with Crippen molar-refractivity contribution in [3.63, 3.8) is 0 Å². The first-order chi connectivity index (χ1) is 9.75. The monoisotopic (exact) mass is 274 g/mol. The number of hydrogen-bond donors (Lipinski definition) is 2. The first-order valence-electron chi connectivity index (χ1n) is 6.45. The van der Waals surface area contributed by atoms with E-state index in [4.69, 9.17) is 10.5 Å². The van der Waals surface area contributed by atoms with Crippen LogP contribution in [0, 0.1) is 0 Å². The van der Waals surface area contributed by atoms with Crippen LogP contribution in [0.25, 0.3) is 0 Å². The zero-order valence-corrected chi connectivity index (χ0v) is 11.2. The van der Waals surface area contributed by atoms with Crippen molar-refractivity contribution in [2.45, 2.75) is 13.0 Å². The third-order valence-corrected chi connectivity index (χ3v) is 2.75. The highest BCUT2D eigenvalue weighted by molar-refractivity contribution is 5.77. The molecule has 0 bridgehead atoms. The normalized spacial score (nSPS) is 10.2. The standard InChI is InChI=1S/C14H18N4O2/c15-12-4-1-2-5-13(12)20-10-14(19)17-6-3-8-18-9-7-16-11-18/h1-2,4-5,7,9,11H,3,6,8,10,15H2,(H,17,19). The van der Waals surface area contributed by atoms with Gasteiger partial charge in [0, 0.05) is 25.5 Å². The van der Waals surface area contributed by atoms with Gasteiger partial charge in [-0.15, -0.1) is 0 Å². The predicted octanol–water partition coefficient (Wildman–Crippen LogP) is 1.05. The fourth-order valence-corrected chi connectivity index (χ4v) is 1.71. The van der Waals surface area contributed by atoms with Crippen LogP contribution in [-0.4, -0.2) is 28.6 Å². The number of carbonyl (C=O) groups excluding carboxylic acids is 1. The molecule has 0 aliphatic heterocycles.